The van der Waals surface area contributed by atoms with Gasteiger partial charge >= 0.3 is 0 Å². The Labute approximate surface area is 171 Å². The van der Waals surface area contributed by atoms with Crippen molar-refractivity contribution in [3.8, 4) is 11.5 Å². The fourth-order valence-corrected chi connectivity index (χ4v) is 3.75. The number of hydrogen-bond acceptors (Lipinski definition) is 3. The predicted octanol–water partition coefficient (Wildman–Crippen LogP) is 5.33. The topological polar surface area (TPSA) is 63.4 Å². The summed E-state index contributed by atoms with van der Waals surface area (Å²) in [6, 6.07) is 9.74. The van der Waals surface area contributed by atoms with Gasteiger partial charge in [-0.25, -0.2) is 0 Å². The molecule has 1 amide bonds. The molecule has 0 aliphatic heterocycles. The number of aromatic amines is 1. The van der Waals surface area contributed by atoms with Gasteiger partial charge in [0.15, 0.2) is 11.5 Å². The molecule has 5 nitrogen and oxygen atoms in total. The molecule has 0 aliphatic carbocycles. The Morgan fingerprint density at radius 2 is 1.93 bits per heavy atom. The van der Waals surface area contributed by atoms with Crippen molar-refractivity contribution in [1.29, 1.82) is 0 Å². The lowest BCUT2D eigenvalue weighted by molar-refractivity contribution is 0.0935. The van der Waals surface area contributed by atoms with Gasteiger partial charge in [0.2, 0.25) is 0 Å². The zero-order valence-corrected chi connectivity index (χ0v) is 17.8. The van der Waals surface area contributed by atoms with Crippen LogP contribution in [0.2, 0.25) is 0 Å². The summed E-state index contributed by atoms with van der Waals surface area (Å²) in [6.45, 7) is 8.02. The summed E-state index contributed by atoms with van der Waals surface area (Å²) in [6.07, 6.45) is 4.10. The van der Waals surface area contributed by atoms with Gasteiger partial charge in [-0.05, 0) is 56.5 Å². The second-order valence-electron chi connectivity index (χ2n) is 7.16. The second kappa shape index (κ2) is 8.43. The molecule has 2 N–H and O–H groups in total. The van der Waals surface area contributed by atoms with Gasteiger partial charge in [-0.15, -0.1) is 0 Å². The number of allylic oxidation sites excluding steroid dienone is 1. The fourth-order valence-electron chi connectivity index (χ4n) is 3.75. The minimum absolute atomic E-state index is 0.134. The maximum Gasteiger partial charge on any atom is 0.268 e. The molecule has 3 aromatic rings. The lowest BCUT2D eigenvalue weighted by Crippen LogP contribution is -2.27. The third kappa shape index (κ3) is 3.86. The summed E-state index contributed by atoms with van der Waals surface area (Å²) in [5.41, 5.74) is 5.69. The van der Waals surface area contributed by atoms with Crippen LogP contribution in [-0.4, -0.2) is 25.1 Å². The van der Waals surface area contributed by atoms with Crippen molar-refractivity contribution in [2.24, 2.45) is 0 Å². The van der Waals surface area contributed by atoms with Crippen molar-refractivity contribution in [2.75, 3.05) is 14.2 Å². The molecule has 0 bridgehead atoms. The van der Waals surface area contributed by atoms with Crippen molar-refractivity contribution in [1.82, 2.24) is 10.3 Å². The second-order valence-corrected chi connectivity index (χ2v) is 7.16. The third-order valence-corrected chi connectivity index (χ3v) is 5.25. The third-order valence-electron chi connectivity index (χ3n) is 5.25. The van der Waals surface area contributed by atoms with Crippen LogP contribution in [-0.2, 0) is 0 Å². The smallest absolute Gasteiger partial charge is 0.268 e. The van der Waals surface area contributed by atoms with Crippen molar-refractivity contribution >= 4 is 22.9 Å². The first-order valence-corrected chi connectivity index (χ1v) is 9.68. The number of rotatable bonds is 6. The zero-order chi connectivity index (χ0) is 21.1. The van der Waals surface area contributed by atoms with E-state index in [0.29, 0.717) is 17.2 Å². The predicted molar refractivity (Wildman–Crippen MR) is 118 cm³/mol. The number of methoxy groups -OCH3 is 2. The molecule has 0 saturated heterocycles. The maximum atomic E-state index is 12.9. The van der Waals surface area contributed by atoms with Crippen molar-refractivity contribution < 1.29 is 14.3 Å². The largest absolute Gasteiger partial charge is 0.493 e. The molecule has 1 heterocycles. The highest BCUT2D eigenvalue weighted by Crippen LogP contribution is 2.37. The van der Waals surface area contributed by atoms with Crippen LogP contribution < -0.4 is 14.8 Å². The number of nitrogens with one attached hydrogen (secondary N) is 2. The zero-order valence-electron chi connectivity index (χ0n) is 17.8. The highest BCUT2D eigenvalue weighted by atomic mass is 16.5. The molecule has 2 aromatic carbocycles. The Morgan fingerprint density at radius 3 is 2.59 bits per heavy atom. The molecule has 0 saturated carbocycles. The molecule has 3 rings (SSSR count). The number of fused-ring (bicyclic) bond motifs is 1. The van der Waals surface area contributed by atoms with Crippen LogP contribution in [0.4, 0.5) is 0 Å². The van der Waals surface area contributed by atoms with E-state index in [1.807, 2.05) is 45.0 Å². The van der Waals surface area contributed by atoms with E-state index in [0.717, 1.165) is 27.6 Å². The monoisotopic (exact) mass is 392 g/mol. The summed E-state index contributed by atoms with van der Waals surface area (Å²) in [4.78, 5) is 16.2. The first-order chi connectivity index (χ1) is 13.9. The number of carbonyl (C=O) groups is 1. The number of H-pyrrole nitrogens is 1. The normalized spacial score (nSPS) is 12.3. The number of hydrogen-bond donors (Lipinski definition) is 2. The van der Waals surface area contributed by atoms with Gasteiger partial charge in [0, 0.05) is 10.9 Å². The molecule has 0 aliphatic rings. The van der Waals surface area contributed by atoms with Gasteiger partial charge in [-0.3, -0.25) is 4.79 Å². The Morgan fingerprint density at radius 1 is 1.17 bits per heavy atom. The number of aryl methyl sites for hydroxylation is 2. The summed E-state index contributed by atoms with van der Waals surface area (Å²) < 4.78 is 10.9. The first-order valence-electron chi connectivity index (χ1n) is 9.68. The van der Waals surface area contributed by atoms with Crippen molar-refractivity contribution in [3.05, 3.63) is 64.4 Å². The Bertz CT molecular complexity index is 1080. The van der Waals surface area contributed by atoms with Crippen LogP contribution in [0.5, 0.6) is 11.5 Å². The minimum atomic E-state index is -0.154. The number of amides is 1. The van der Waals surface area contributed by atoms with E-state index >= 15 is 0 Å². The van der Waals surface area contributed by atoms with E-state index in [-0.39, 0.29) is 11.9 Å². The van der Waals surface area contributed by atoms with Crippen LogP contribution in [0.1, 0.15) is 52.6 Å². The van der Waals surface area contributed by atoms with Crippen LogP contribution in [0.3, 0.4) is 0 Å². The lowest BCUT2D eigenvalue weighted by Gasteiger charge is -2.18. The lowest BCUT2D eigenvalue weighted by atomic mass is 9.96. The standard InChI is InChI=1S/C24H28N2O3/c1-7-9-18-14(2)10-8-11-19(18)16(4)25-24(27)20-12-17-13-21(28-5)23(29-6)15(3)22(17)26-20/h7-13,16,26H,1-6H3,(H,25,27)/b9-7-. The molecule has 1 aromatic heterocycles. The van der Waals surface area contributed by atoms with Crippen LogP contribution >= 0.6 is 0 Å². The van der Waals surface area contributed by atoms with Crippen LogP contribution in [0.25, 0.3) is 17.0 Å². The SMILES string of the molecule is C/C=C\c1c(C)cccc1C(C)NC(=O)c1cc2cc(OC)c(OC)c(C)c2[nH]1. The fraction of sp³-hybridized carbons (Fsp3) is 0.292. The summed E-state index contributed by atoms with van der Waals surface area (Å²) >= 11 is 0. The Balaban J connectivity index is 1.93. The summed E-state index contributed by atoms with van der Waals surface area (Å²) in [5.74, 6) is 1.16. The first kappa shape index (κ1) is 20.5. The van der Waals surface area contributed by atoms with E-state index in [1.165, 1.54) is 5.56 Å². The van der Waals surface area contributed by atoms with E-state index in [9.17, 15) is 4.79 Å². The number of ether oxygens (including phenoxy) is 2. The molecular weight excluding hydrogens is 364 g/mol. The van der Waals surface area contributed by atoms with E-state index < -0.39 is 0 Å². The average Bonchev–Trinajstić information content (AvgIpc) is 3.14. The number of benzene rings is 2. The Hall–Kier alpha value is -3.21. The maximum absolute atomic E-state index is 12.9. The molecule has 0 fully saturated rings. The van der Waals surface area contributed by atoms with Crippen molar-refractivity contribution in [2.45, 2.75) is 33.7 Å². The molecule has 0 spiro atoms. The molecule has 1 atom stereocenters. The van der Waals surface area contributed by atoms with Gasteiger partial charge in [-0.1, -0.05) is 30.4 Å². The van der Waals surface area contributed by atoms with E-state index in [2.05, 4.69) is 35.4 Å². The van der Waals surface area contributed by atoms with Gasteiger partial charge in [0.25, 0.3) is 5.91 Å². The summed E-state index contributed by atoms with van der Waals surface area (Å²) in [5, 5.41) is 4.02. The molecule has 5 heteroatoms. The molecule has 152 valence electrons. The molecule has 0 radical (unpaired) electrons. The van der Waals surface area contributed by atoms with Crippen LogP contribution in [0.15, 0.2) is 36.4 Å². The quantitative estimate of drug-likeness (QED) is 0.596. The van der Waals surface area contributed by atoms with Crippen LogP contribution in [0, 0.1) is 13.8 Å². The molecule has 1 unspecified atom stereocenters. The van der Waals surface area contributed by atoms with Gasteiger partial charge in [-0.2, -0.15) is 0 Å². The van der Waals surface area contributed by atoms with Gasteiger partial charge in [0.05, 0.1) is 25.8 Å². The van der Waals surface area contributed by atoms with Crippen molar-refractivity contribution in [3.63, 3.8) is 0 Å². The summed E-state index contributed by atoms with van der Waals surface area (Å²) in [7, 11) is 3.22. The molecule has 29 heavy (non-hydrogen) atoms. The molecular formula is C24H28N2O3. The Kier molecular flexibility index (Phi) is 5.97. The minimum Gasteiger partial charge on any atom is -0.493 e. The van der Waals surface area contributed by atoms with E-state index in [1.54, 1.807) is 14.2 Å². The number of aromatic nitrogens is 1. The van der Waals surface area contributed by atoms with E-state index in [4.69, 9.17) is 9.47 Å². The highest BCUT2D eigenvalue weighted by Gasteiger charge is 2.19. The number of carbonyl (C=O) groups excluding carboxylic acids is 1. The van der Waals surface area contributed by atoms with Gasteiger partial charge in [0.1, 0.15) is 5.69 Å². The van der Waals surface area contributed by atoms with Gasteiger partial charge < -0.3 is 19.8 Å². The highest BCUT2D eigenvalue weighted by molar-refractivity contribution is 6.00. The average molecular weight is 392 g/mol.